The van der Waals surface area contributed by atoms with Crippen LogP contribution in [-0.4, -0.2) is 72.8 Å². The average Bonchev–Trinajstić information content (AvgIpc) is 2.71. The van der Waals surface area contributed by atoms with Gasteiger partial charge in [0.05, 0.1) is 12.1 Å². The number of hydrogen-bond donors (Lipinski definition) is 4. The van der Waals surface area contributed by atoms with Gasteiger partial charge in [0.25, 0.3) is 0 Å². The standard InChI is InChI=1S/C16H22N2O3.C8H16N2O.C2H6O/c1-16(2,3)14(19)17-13-9-18(10-13)15(20)21-11-12-7-5-4-6-8-12;1-8(2,3)7(11)10-6-4-9-5-6;1-2-3/h4-8,13H,9-11H2,1-3H3,(H,17,19);6,9H,4-5H2,1-3H3,(H,10,11);3H,2H2,1H3. The highest BCUT2D eigenvalue weighted by atomic mass is 16.6. The van der Waals surface area contributed by atoms with Crippen LogP contribution in [0.25, 0.3) is 0 Å². The number of ether oxygens (including phenoxy) is 1. The van der Waals surface area contributed by atoms with Crippen molar-refractivity contribution in [3.05, 3.63) is 35.9 Å². The molecule has 0 radical (unpaired) electrons. The lowest BCUT2D eigenvalue weighted by Gasteiger charge is -2.39. The van der Waals surface area contributed by atoms with Gasteiger partial charge in [0.15, 0.2) is 0 Å². The molecule has 2 fully saturated rings. The third kappa shape index (κ3) is 11.6. The van der Waals surface area contributed by atoms with Gasteiger partial charge in [-0.05, 0) is 12.5 Å². The number of carbonyl (C=O) groups is 3. The second-order valence-electron chi connectivity index (χ2n) is 10.8. The Hall–Kier alpha value is -2.65. The Morgan fingerprint density at radius 3 is 1.80 bits per heavy atom. The number of hydrogen-bond acceptors (Lipinski definition) is 6. The van der Waals surface area contributed by atoms with Crippen molar-refractivity contribution in [2.45, 2.75) is 67.2 Å². The van der Waals surface area contributed by atoms with Gasteiger partial charge in [0.2, 0.25) is 11.8 Å². The van der Waals surface area contributed by atoms with Crippen molar-refractivity contribution in [2.75, 3.05) is 32.8 Å². The van der Waals surface area contributed by atoms with E-state index in [1.165, 1.54) is 0 Å². The molecule has 3 amide bonds. The lowest BCUT2D eigenvalue weighted by molar-refractivity contribution is -0.130. The summed E-state index contributed by atoms with van der Waals surface area (Å²) in [6.45, 7) is 16.4. The van der Waals surface area contributed by atoms with Gasteiger partial charge >= 0.3 is 6.09 Å². The van der Waals surface area contributed by atoms with E-state index in [1.807, 2.05) is 71.9 Å². The van der Waals surface area contributed by atoms with Gasteiger partial charge in [0.1, 0.15) is 6.61 Å². The highest BCUT2D eigenvalue weighted by Gasteiger charge is 2.34. The summed E-state index contributed by atoms with van der Waals surface area (Å²) in [6, 6.07) is 9.95. The number of amides is 3. The summed E-state index contributed by atoms with van der Waals surface area (Å²) in [6.07, 6.45) is -0.333. The monoisotopic (exact) mass is 492 g/mol. The van der Waals surface area contributed by atoms with Gasteiger partial charge in [-0.15, -0.1) is 0 Å². The molecule has 1 aromatic rings. The van der Waals surface area contributed by atoms with Crippen molar-refractivity contribution < 1.29 is 24.2 Å². The quantitative estimate of drug-likeness (QED) is 0.512. The summed E-state index contributed by atoms with van der Waals surface area (Å²) in [5.41, 5.74) is 0.299. The maximum Gasteiger partial charge on any atom is 0.410 e. The minimum atomic E-state index is -0.408. The van der Waals surface area contributed by atoms with Crippen LogP contribution in [0.15, 0.2) is 30.3 Å². The molecule has 4 N–H and O–H groups in total. The smallest absolute Gasteiger partial charge is 0.410 e. The number of aliphatic hydroxyl groups excluding tert-OH is 1. The third-order valence-corrected chi connectivity index (χ3v) is 5.16. The van der Waals surface area contributed by atoms with Gasteiger partial charge in [-0.3, -0.25) is 9.59 Å². The van der Waals surface area contributed by atoms with E-state index in [2.05, 4.69) is 16.0 Å². The van der Waals surface area contributed by atoms with Crippen LogP contribution in [-0.2, 0) is 20.9 Å². The van der Waals surface area contributed by atoms with E-state index in [0.29, 0.717) is 19.1 Å². The number of carbonyl (C=O) groups excluding carboxylic acids is 3. The fourth-order valence-corrected chi connectivity index (χ4v) is 2.72. The first-order valence-corrected chi connectivity index (χ1v) is 12.2. The Labute approximate surface area is 210 Å². The second-order valence-corrected chi connectivity index (χ2v) is 10.8. The predicted molar refractivity (Wildman–Crippen MR) is 137 cm³/mol. The molecule has 9 nitrogen and oxygen atoms in total. The molecule has 2 aliphatic heterocycles. The Kier molecular flexibility index (Phi) is 12.2. The molecule has 9 heteroatoms. The third-order valence-electron chi connectivity index (χ3n) is 5.16. The normalized spacial score (nSPS) is 15.7. The molecule has 2 heterocycles. The van der Waals surface area contributed by atoms with Crippen LogP contribution in [0.4, 0.5) is 4.79 Å². The minimum Gasteiger partial charge on any atom is -0.445 e. The molecule has 3 rings (SSSR count). The van der Waals surface area contributed by atoms with Crippen molar-refractivity contribution in [3.8, 4) is 0 Å². The fraction of sp³-hybridized carbons (Fsp3) is 0.654. The highest BCUT2D eigenvalue weighted by molar-refractivity contribution is 5.82. The molecule has 35 heavy (non-hydrogen) atoms. The Bertz CT molecular complexity index is 792. The predicted octanol–water partition coefficient (Wildman–Crippen LogP) is 2.29. The van der Waals surface area contributed by atoms with Crippen LogP contribution in [0.5, 0.6) is 0 Å². The molecular weight excluding hydrogens is 448 g/mol. The molecule has 0 spiro atoms. The van der Waals surface area contributed by atoms with Crippen LogP contribution in [0, 0.1) is 10.8 Å². The summed E-state index contributed by atoms with van der Waals surface area (Å²) >= 11 is 0. The summed E-state index contributed by atoms with van der Waals surface area (Å²) in [7, 11) is 0. The first kappa shape index (κ1) is 30.4. The number of likely N-dealkylation sites (tertiary alicyclic amines) is 1. The van der Waals surface area contributed by atoms with Gasteiger partial charge in [-0.25, -0.2) is 4.79 Å². The van der Waals surface area contributed by atoms with E-state index in [1.54, 1.807) is 11.8 Å². The summed E-state index contributed by atoms with van der Waals surface area (Å²) in [5, 5.41) is 16.6. The van der Waals surface area contributed by atoms with E-state index in [0.717, 1.165) is 18.7 Å². The zero-order valence-electron chi connectivity index (χ0n) is 22.3. The molecule has 198 valence electrons. The fourth-order valence-electron chi connectivity index (χ4n) is 2.72. The van der Waals surface area contributed by atoms with Crippen molar-refractivity contribution in [1.29, 1.82) is 0 Å². The molecule has 1 aromatic carbocycles. The van der Waals surface area contributed by atoms with Crippen LogP contribution < -0.4 is 16.0 Å². The molecule has 0 saturated carbocycles. The maximum absolute atomic E-state index is 11.8. The van der Waals surface area contributed by atoms with Crippen LogP contribution in [0.3, 0.4) is 0 Å². The highest BCUT2D eigenvalue weighted by Crippen LogP contribution is 2.16. The zero-order valence-corrected chi connectivity index (χ0v) is 22.3. The molecular formula is C26H44N4O5. The Morgan fingerprint density at radius 1 is 0.943 bits per heavy atom. The molecule has 2 aliphatic rings. The Balaban J connectivity index is 0.000000366. The maximum atomic E-state index is 11.8. The zero-order chi connectivity index (χ0) is 26.6. The number of rotatable bonds is 4. The molecule has 0 aromatic heterocycles. The van der Waals surface area contributed by atoms with Gasteiger partial charge < -0.3 is 30.7 Å². The van der Waals surface area contributed by atoms with Crippen molar-refractivity contribution in [3.63, 3.8) is 0 Å². The molecule has 0 aliphatic carbocycles. The lowest BCUT2D eigenvalue weighted by atomic mass is 9.94. The largest absolute Gasteiger partial charge is 0.445 e. The minimum absolute atomic E-state index is 0.00445. The van der Waals surface area contributed by atoms with Crippen molar-refractivity contribution >= 4 is 17.9 Å². The van der Waals surface area contributed by atoms with E-state index < -0.39 is 5.41 Å². The average molecular weight is 493 g/mol. The van der Waals surface area contributed by atoms with E-state index >= 15 is 0 Å². The summed E-state index contributed by atoms with van der Waals surface area (Å²) in [4.78, 5) is 36.5. The van der Waals surface area contributed by atoms with Gasteiger partial charge in [-0.1, -0.05) is 71.9 Å². The van der Waals surface area contributed by atoms with Crippen LogP contribution >= 0.6 is 0 Å². The number of nitrogens with one attached hydrogen (secondary N) is 3. The topological polar surface area (TPSA) is 120 Å². The molecule has 0 atom stereocenters. The van der Waals surface area contributed by atoms with Crippen molar-refractivity contribution in [2.24, 2.45) is 10.8 Å². The summed E-state index contributed by atoms with van der Waals surface area (Å²) < 4.78 is 5.23. The van der Waals surface area contributed by atoms with Gasteiger partial charge in [-0.2, -0.15) is 0 Å². The first-order chi connectivity index (χ1) is 16.3. The summed E-state index contributed by atoms with van der Waals surface area (Å²) in [5.74, 6) is 0.147. The SMILES string of the molecule is CC(C)(C)C(=O)NC1CN(C(=O)OCc2ccccc2)C1.CC(C)(C)C(=O)NC1CNC1.CCO. The second kappa shape index (κ2) is 14.0. The number of nitrogens with zero attached hydrogens (tertiary/aromatic N) is 1. The van der Waals surface area contributed by atoms with E-state index in [9.17, 15) is 14.4 Å². The lowest BCUT2D eigenvalue weighted by Crippen LogP contribution is -2.62. The van der Waals surface area contributed by atoms with Crippen LogP contribution in [0.1, 0.15) is 54.0 Å². The number of aliphatic hydroxyl groups is 1. The number of benzene rings is 1. The van der Waals surface area contributed by atoms with E-state index in [4.69, 9.17) is 9.84 Å². The van der Waals surface area contributed by atoms with E-state index in [-0.39, 0.29) is 42.6 Å². The molecule has 0 unspecified atom stereocenters. The molecule has 2 saturated heterocycles. The molecule has 0 bridgehead atoms. The van der Waals surface area contributed by atoms with Crippen LogP contribution in [0.2, 0.25) is 0 Å². The Morgan fingerprint density at radius 2 is 1.40 bits per heavy atom. The first-order valence-electron chi connectivity index (χ1n) is 12.2. The van der Waals surface area contributed by atoms with Gasteiger partial charge in [0, 0.05) is 43.6 Å². The van der Waals surface area contributed by atoms with Crippen molar-refractivity contribution in [1.82, 2.24) is 20.9 Å².